The number of halogens is 1. The number of aliphatic carboxylic acids is 1. The van der Waals surface area contributed by atoms with E-state index in [9.17, 15) is 9.59 Å². The van der Waals surface area contributed by atoms with Crippen molar-refractivity contribution >= 4 is 33.6 Å². The molecule has 1 rings (SSSR count). The Hall–Kier alpha value is -1.60. The van der Waals surface area contributed by atoms with E-state index in [1.807, 2.05) is 6.07 Å². The van der Waals surface area contributed by atoms with Gasteiger partial charge in [0.2, 0.25) is 0 Å². The molecule has 1 aromatic carbocycles. The van der Waals surface area contributed by atoms with E-state index in [1.165, 1.54) is 0 Å². The Morgan fingerprint density at radius 1 is 1.39 bits per heavy atom. The Labute approximate surface area is 112 Å². The van der Waals surface area contributed by atoms with Gasteiger partial charge in [-0.3, -0.25) is 0 Å². The zero-order valence-corrected chi connectivity index (χ0v) is 11.0. The van der Waals surface area contributed by atoms with Gasteiger partial charge in [0.15, 0.2) is 6.10 Å². The fourth-order valence-electron chi connectivity index (χ4n) is 1.19. The molecule has 0 aliphatic heterocycles. The second-order valence-electron chi connectivity index (χ2n) is 3.53. The van der Waals surface area contributed by atoms with Crippen molar-refractivity contribution in [2.75, 3.05) is 11.9 Å². The molecule has 4 N–H and O–H groups in total. The number of amides is 2. The first-order valence-corrected chi connectivity index (χ1v) is 5.99. The minimum Gasteiger partial charge on any atom is -0.479 e. The van der Waals surface area contributed by atoms with Crippen molar-refractivity contribution in [1.29, 1.82) is 0 Å². The Morgan fingerprint density at radius 3 is 2.72 bits per heavy atom. The van der Waals surface area contributed by atoms with Crippen molar-refractivity contribution in [3.8, 4) is 0 Å². The highest BCUT2D eigenvalue weighted by Gasteiger charge is 2.12. The van der Waals surface area contributed by atoms with Crippen LogP contribution in [0.5, 0.6) is 0 Å². The Bertz CT molecular complexity index is 439. The van der Waals surface area contributed by atoms with Crippen LogP contribution in [0.15, 0.2) is 28.7 Å². The average Bonchev–Trinajstić information content (AvgIpc) is 2.28. The number of carboxylic acid groups (broad SMARTS) is 1. The summed E-state index contributed by atoms with van der Waals surface area (Å²) in [6, 6.07) is 6.59. The molecule has 0 heterocycles. The summed E-state index contributed by atoms with van der Waals surface area (Å²) in [6.07, 6.45) is -1.50. The number of carbonyl (C=O) groups excluding carboxylic acids is 1. The highest BCUT2D eigenvalue weighted by atomic mass is 79.9. The van der Waals surface area contributed by atoms with Crippen molar-refractivity contribution in [2.24, 2.45) is 0 Å². The standard InChI is InChI=1S/C11H13BrN2O4/c12-7-2-1-3-8(6-7)14-11(18)13-5-4-9(15)10(16)17/h1-3,6,9,15H,4-5H2,(H,16,17)(H2,13,14,18). The average molecular weight is 317 g/mol. The lowest BCUT2D eigenvalue weighted by Crippen LogP contribution is -2.33. The molecule has 0 radical (unpaired) electrons. The number of nitrogens with one attached hydrogen (secondary N) is 2. The molecule has 0 fully saturated rings. The minimum absolute atomic E-state index is 0.0404. The molecular formula is C11H13BrN2O4. The quantitative estimate of drug-likeness (QED) is 0.660. The van der Waals surface area contributed by atoms with Crippen LogP contribution in [-0.2, 0) is 4.79 Å². The van der Waals surface area contributed by atoms with Crippen molar-refractivity contribution in [1.82, 2.24) is 5.32 Å². The van der Waals surface area contributed by atoms with E-state index >= 15 is 0 Å². The highest BCUT2D eigenvalue weighted by Crippen LogP contribution is 2.15. The van der Waals surface area contributed by atoms with Gasteiger partial charge in [0.05, 0.1) is 0 Å². The van der Waals surface area contributed by atoms with Gasteiger partial charge in [0.25, 0.3) is 0 Å². The molecule has 7 heteroatoms. The zero-order valence-electron chi connectivity index (χ0n) is 9.39. The lowest BCUT2D eigenvalue weighted by atomic mass is 10.2. The summed E-state index contributed by atoms with van der Waals surface area (Å²) in [5.74, 6) is -1.30. The summed E-state index contributed by atoms with van der Waals surface area (Å²) in [7, 11) is 0. The molecule has 1 atom stereocenters. The van der Waals surface area contributed by atoms with E-state index < -0.39 is 18.1 Å². The van der Waals surface area contributed by atoms with Crippen LogP contribution >= 0.6 is 15.9 Å². The summed E-state index contributed by atoms with van der Waals surface area (Å²) in [4.78, 5) is 21.7. The first-order valence-electron chi connectivity index (χ1n) is 5.20. The van der Waals surface area contributed by atoms with Gasteiger partial charge >= 0.3 is 12.0 Å². The number of anilines is 1. The maximum absolute atomic E-state index is 11.4. The van der Waals surface area contributed by atoms with E-state index in [-0.39, 0.29) is 13.0 Å². The van der Waals surface area contributed by atoms with Crippen LogP contribution in [0.4, 0.5) is 10.5 Å². The largest absolute Gasteiger partial charge is 0.479 e. The van der Waals surface area contributed by atoms with Crippen LogP contribution in [0, 0.1) is 0 Å². The van der Waals surface area contributed by atoms with Crippen molar-refractivity contribution in [3.63, 3.8) is 0 Å². The molecule has 0 aliphatic carbocycles. The Morgan fingerprint density at radius 2 is 2.11 bits per heavy atom. The van der Waals surface area contributed by atoms with Gasteiger partial charge < -0.3 is 20.8 Å². The third-order valence-electron chi connectivity index (χ3n) is 2.07. The second kappa shape index (κ2) is 6.97. The minimum atomic E-state index is -1.46. The van der Waals surface area contributed by atoms with Gasteiger partial charge in [-0.15, -0.1) is 0 Å². The fraction of sp³-hybridized carbons (Fsp3) is 0.273. The topological polar surface area (TPSA) is 98.7 Å². The molecule has 0 aromatic heterocycles. The summed E-state index contributed by atoms with van der Waals surface area (Å²) >= 11 is 3.27. The fourth-order valence-corrected chi connectivity index (χ4v) is 1.59. The van der Waals surface area contributed by atoms with Crippen molar-refractivity contribution in [2.45, 2.75) is 12.5 Å². The zero-order chi connectivity index (χ0) is 13.5. The van der Waals surface area contributed by atoms with Gasteiger partial charge in [-0.05, 0) is 18.2 Å². The van der Waals surface area contributed by atoms with Crippen LogP contribution in [0.1, 0.15) is 6.42 Å². The van der Waals surface area contributed by atoms with E-state index in [2.05, 4.69) is 26.6 Å². The number of aliphatic hydroxyl groups excluding tert-OH is 1. The first kappa shape index (κ1) is 14.5. The third-order valence-corrected chi connectivity index (χ3v) is 2.56. The van der Waals surface area contributed by atoms with Gasteiger partial charge in [0, 0.05) is 23.1 Å². The highest BCUT2D eigenvalue weighted by molar-refractivity contribution is 9.10. The van der Waals surface area contributed by atoms with Crippen molar-refractivity contribution in [3.05, 3.63) is 28.7 Å². The van der Waals surface area contributed by atoms with Gasteiger partial charge in [-0.2, -0.15) is 0 Å². The Kier molecular flexibility index (Phi) is 5.60. The van der Waals surface area contributed by atoms with Crippen LogP contribution in [0.3, 0.4) is 0 Å². The van der Waals surface area contributed by atoms with Crippen LogP contribution in [-0.4, -0.2) is 34.9 Å². The first-order chi connectivity index (χ1) is 8.49. The van der Waals surface area contributed by atoms with Gasteiger partial charge in [-0.25, -0.2) is 9.59 Å². The van der Waals surface area contributed by atoms with E-state index in [4.69, 9.17) is 10.2 Å². The van der Waals surface area contributed by atoms with Gasteiger partial charge in [-0.1, -0.05) is 22.0 Å². The maximum atomic E-state index is 11.4. The van der Waals surface area contributed by atoms with E-state index in [0.717, 1.165) is 4.47 Å². The number of carboxylic acids is 1. The maximum Gasteiger partial charge on any atom is 0.332 e. The summed E-state index contributed by atoms with van der Waals surface area (Å²) in [5.41, 5.74) is 0.612. The molecule has 0 aliphatic rings. The molecule has 0 spiro atoms. The number of hydrogen-bond donors (Lipinski definition) is 4. The lowest BCUT2D eigenvalue weighted by molar-refractivity contribution is -0.146. The summed E-state index contributed by atoms with van der Waals surface area (Å²) in [6.45, 7) is 0.0767. The molecule has 6 nitrogen and oxygen atoms in total. The van der Waals surface area contributed by atoms with Crippen molar-refractivity contribution < 1.29 is 19.8 Å². The molecular weight excluding hydrogens is 304 g/mol. The second-order valence-corrected chi connectivity index (χ2v) is 4.45. The summed E-state index contributed by atoms with van der Waals surface area (Å²) in [5, 5.41) is 22.4. The molecule has 0 bridgehead atoms. The SMILES string of the molecule is O=C(NCCC(O)C(=O)O)Nc1cccc(Br)c1. The number of rotatable bonds is 5. The number of benzene rings is 1. The van der Waals surface area contributed by atoms with E-state index in [0.29, 0.717) is 5.69 Å². The number of aliphatic hydroxyl groups is 1. The number of carbonyl (C=O) groups is 2. The predicted molar refractivity (Wildman–Crippen MR) is 69.4 cm³/mol. The van der Waals surface area contributed by atoms with Gasteiger partial charge in [0.1, 0.15) is 0 Å². The molecule has 1 aromatic rings. The van der Waals surface area contributed by atoms with Crippen LogP contribution in [0.2, 0.25) is 0 Å². The number of hydrogen-bond acceptors (Lipinski definition) is 3. The molecule has 0 saturated heterocycles. The van der Waals surface area contributed by atoms with Crippen LogP contribution < -0.4 is 10.6 Å². The lowest BCUT2D eigenvalue weighted by Gasteiger charge is -2.09. The molecule has 1 unspecified atom stereocenters. The van der Waals surface area contributed by atoms with Crippen LogP contribution in [0.25, 0.3) is 0 Å². The number of urea groups is 1. The predicted octanol–water partition coefficient (Wildman–Crippen LogP) is 1.41. The van der Waals surface area contributed by atoms with E-state index in [1.54, 1.807) is 18.2 Å². The third kappa shape index (κ3) is 5.15. The molecule has 2 amide bonds. The Balaban J connectivity index is 2.32. The summed E-state index contributed by atoms with van der Waals surface area (Å²) < 4.78 is 0.835. The molecule has 0 saturated carbocycles. The molecule has 18 heavy (non-hydrogen) atoms. The molecule has 98 valence electrons. The smallest absolute Gasteiger partial charge is 0.332 e. The normalized spacial score (nSPS) is 11.7. The monoisotopic (exact) mass is 316 g/mol.